The van der Waals surface area contributed by atoms with Crippen LogP contribution in [0.2, 0.25) is 0 Å². The molecule has 0 saturated carbocycles. The van der Waals surface area contributed by atoms with Crippen molar-refractivity contribution in [1.29, 1.82) is 0 Å². The van der Waals surface area contributed by atoms with E-state index in [0.29, 0.717) is 40.2 Å². The van der Waals surface area contributed by atoms with E-state index in [1.54, 1.807) is 0 Å². The van der Waals surface area contributed by atoms with Crippen LogP contribution in [0.5, 0.6) is 0 Å². The van der Waals surface area contributed by atoms with Crippen LogP contribution in [0.3, 0.4) is 0 Å². The van der Waals surface area contributed by atoms with E-state index in [4.69, 9.17) is 29.7 Å². The molecule has 6 rings (SSSR count). The molecule has 9 nitrogen and oxygen atoms in total. The fourth-order valence-electron chi connectivity index (χ4n) is 8.75. The second kappa shape index (κ2) is 19.4. The molecule has 1 aliphatic carbocycles. The van der Waals surface area contributed by atoms with Gasteiger partial charge in [0.25, 0.3) is 0 Å². The monoisotopic (exact) mass is 808 g/mol. The molecule has 2 aliphatic heterocycles. The van der Waals surface area contributed by atoms with E-state index in [1.807, 2.05) is 58.1 Å². The number of Topliss-reactive ketones (excluding diaryl/α,β-unsaturated/α-hetero) is 1. The number of hydrogen-bond acceptors (Lipinski definition) is 5. The zero-order valence-electron chi connectivity index (χ0n) is 36.9. The van der Waals surface area contributed by atoms with Crippen LogP contribution in [0, 0.1) is 57.3 Å². The number of allylic oxidation sites excluding steroid dienone is 3. The number of methoxy groups -OCH3 is 1. The Balaban J connectivity index is 0.00000661. The summed E-state index contributed by atoms with van der Waals surface area (Å²) in [4.78, 5) is 56.1. The average molecular weight is 809 g/mol. The average Bonchev–Trinajstić information content (AvgIpc) is 3.91. The van der Waals surface area contributed by atoms with Crippen molar-refractivity contribution in [3.8, 4) is 0 Å². The third-order valence-electron chi connectivity index (χ3n) is 12.7. The van der Waals surface area contributed by atoms with Crippen LogP contribution in [0.15, 0.2) is 29.6 Å². The minimum absolute atomic E-state index is 0. The van der Waals surface area contributed by atoms with Crippen LogP contribution in [0.4, 0.5) is 0 Å². The Morgan fingerprint density at radius 2 is 1.53 bits per heavy atom. The molecule has 1 saturated heterocycles. The van der Waals surface area contributed by atoms with Crippen LogP contribution in [0.25, 0.3) is 35.2 Å². The molecule has 0 spiro atoms. The van der Waals surface area contributed by atoms with E-state index < -0.39 is 11.9 Å². The number of hydrogen-bond donors (Lipinski definition) is 0. The maximum atomic E-state index is 14.3. The summed E-state index contributed by atoms with van der Waals surface area (Å²) in [6.45, 7) is 23.3. The van der Waals surface area contributed by atoms with Gasteiger partial charge in [0.05, 0.1) is 7.11 Å². The van der Waals surface area contributed by atoms with Crippen molar-refractivity contribution < 1.29 is 23.9 Å². The molecule has 3 aliphatic rings. The number of fused-ring (bicyclic) bond motifs is 7. The molecular weight excluding hydrogens is 749 g/mol. The first kappa shape index (κ1) is 45.8. The van der Waals surface area contributed by atoms with Crippen molar-refractivity contribution in [2.75, 3.05) is 13.7 Å². The summed E-state index contributed by atoms with van der Waals surface area (Å²) in [6, 6.07) is 0. The fraction of sp³-hybridized carbons (Fsp3) is 0.490. The van der Waals surface area contributed by atoms with Gasteiger partial charge in [0.2, 0.25) is 0 Å². The SMILES string of the molecule is C=Cc1c2[n-]c(c1C)/C=C1\[N-]/C(=C3\c4[n-]c(c(C)c4C(=O)[C@@H]3C(=O)OC)/C=c3\[n-]/c(c(C)c3C)=C\2)[C@@H](CCC(=O)OC/C=C(\C)CCC[C@H](C)CCCC(C)C)[C@@H]1C.[Mg+2]. The van der Waals surface area contributed by atoms with Crippen LogP contribution >= 0.6 is 0 Å². The molecule has 1 fully saturated rings. The molecule has 0 N–H and O–H groups in total. The maximum Gasteiger partial charge on any atom is 2.00 e. The van der Waals surface area contributed by atoms with E-state index >= 15 is 0 Å². The number of nitrogens with zero attached hydrogens (tertiary/aromatic N) is 4. The van der Waals surface area contributed by atoms with Gasteiger partial charge in [-0.15, -0.1) is 33.5 Å². The summed E-state index contributed by atoms with van der Waals surface area (Å²) in [5.41, 5.74) is 10.5. The summed E-state index contributed by atoms with van der Waals surface area (Å²) in [6.07, 6.45) is 17.4. The van der Waals surface area contributed by atoms with Crippen LogP contribution < -0.4 is 25.7 Å². The number of carbonyl (C=O) groups is 3. The molecule has 0 aromatic carbocycles. The normalized spacial score (nSPS) is 22.1. The molecule has 8 bridgehead atoms. The molecule has 0 amide bonds. The first-order valence-corrected chi connectivity index (χ1v) is 21.1. The second-order valence-electron chi connectivity index (χ2n) is 17.2. The largest absolute Gasteiger partial charge is 2.00 e. The summed E-state index contributed by atoms with van der Waals surface area (Å²) < 4.78 is 11.0. The van der Waals surface area contributed by atoms with Gasteiger partial charge in [-0.1, -0.05) is 118 Å². The number of carbonyl (C=O) groups excluding carboxylic acids is 3. The van der Waals surface area contributed by atoms with Crippen molar-refractivity contribution in [3.63, 3.8) is 0 Å². The van der Waals surface area contributed by atoms with Gasteiger partial charge in [0.1, 0.15) is 12.5 Å². The quantitative estimate of drug-likeness (QED) is 0.0650. The van der Waals surface area contributed by atoms with Gasteiger partial charge in [0, 0.05) is 12.0 Å². The summed E-state index contributed by atoms with van der Waals surface area (Å²) >= 11 is 0. The first-order chi connectivity index (χ1) is 27.6. The molecule has 10 heteroatoms. The van der Waals surface area contributed by atoms with Gasteiger partial charge in [-0.2, -0.15) is 11.4 Å². The smallest absolute Gasteiger partial charge is 0.664 e. The Morgan fingerprint density at radius 1 is 0.864 bits per heavy atom. The first-order valence-electron chi connectivity index (χ1n) is 21.1. The van der Waals surface area contributed by atoms with Gasteiger partial charge < -0.3 is 29.7 Å². The third-order valence-corrected chi connectivity index (χ3v) is 12.7. The van der Waals surface area contributed by atoms with E-state index in [1.165, 1.54) is 38.4 Å². The van der Waals surface area contributed by atoms with Crippen molar-refractivity contribution >= 4 is 70.7 Å². The van der Waals surface area contributed by atoms with Gasteiger partial charge in [-0.3, -0.25) is 14.4 Å². The van der Waals surface area contributed by atoms with Gasteiger partial charge in [0.15, 0.2) is 5.78 Å². The Bertz CT molecular complexity index is 2330. The molecule has 5 heterocycles. The van der Waals surface area contributed by atoms with Crippen molar-refractivity contribution in [3.05, 3.63) is 102 Å². The van der Waals surface area contributed by atoms with Gasteiger partial charge in [-0.25, -0.2) is 0 Å². The minimum atomic E-state index is -1.22. The van der Waals surface area contributed by atoms with E-state index in [-0.39, 0.29) is 59.7 Å². The fourth-order valence-corrected chi connectivity index (χ4v) is 8.75. The predicted molar refractivity (Wildman–Crippen MR) is 237 cm³/mol. The number of aromatic nitrogens is 3. The second-order valence-corrected chi connectivity index (χ2v) is 17.2. The van der Waals surface area contributed by atoms with Gasteiger partial charge in [-0.05, 0) is 89.2 Å². The molecule has 3 aromatic rings. The molecule has 0 radical (unpaired) electrons. The molecule has 0 unspecified atom stereocenters. The Morgan fingerprint density at radius 3 is 2.19 bits per heavy atom. The van der Waals surface area contributed by atoms with Crippen molar-refractivity contribution in [2.24, 2.45) is 29.6 Å². The molecule has 310 valence electrons. The molecule has 4 atom stereocenters. The van der Waals surface area contributed by atoms with Gasteiger partial charge >= 0.3 is 35.0 Å². The summed E-state index contributed by atoms with van der Waals surface area (Å²) in [7, 11) is 1.29. The minimum Gasteiger partial charge on any atom is -0.664 e. The Kier molecular flexibility index (Phi) is 15.1. The van der Waals surface area contributed by atoms with E-state index in [9.17, 15) is 14.4 Å². The summed E-state index contributed by atoms with van der Waals surface area (Å²) in [5.74, 6) is -1.57. The molecular formula is C49H60MgN4O5-2. The molecule has 3 aromatic heterocycles. The number of ketones is 1. The van der Waals surface area contributed by atoms with E-state index in [0.717, 1.165) is 74.7 Å². The number of esters is 2. The zero-order valence-corrected chi connectivity index (χ0v) is 38.3. The van der Waals surface area contributed by atoms with Crippen molar-refractivity contribution in [1.82, 2.24) is 15.0 Å². The molecule has 59 heavy (non-hydrogen) atoms. The predicted octanol–water partition coefficient (Wildman–Crippen LogP) is 8.30. The summed E-state index contributed by atoms with van der Waals surface area (Å²) in [5, 5.41) is 6.75. The van der Waals surface area contributed by atoms with Crippen LogP contribution in [-0.2, 0) is 19.1 Å². The third kappa shape index (κ3) is 9.54. The standard InChI is InChI=1S/C49H61N4O5.Mg/c1-12-34-31(8)38-24-39-32(9)35(19-20-42(54)58-22-21-28(5)18-14-17-27(4)16-13-15-26(2)3)46(52-39)44-45(49(56)57-11)48(55)43-33(10)40(53-47(43)44)23-36-29(6)30(7)37(50-36)25-41(34)51-38;/h12,21,23-27,32,35,45H,1,13-20,22H2,2-11H3,(H-,52,53,55);/q-3;+2/p-1/b28-21+,36-23-,37-25-,39-24-;/t27-,32+,35+,45-;/m1./s1. The van der Waals surface area contributed by atoms with Crippen LogP contribution in [0.1, 0.15) is 147 Å². The topological polar surface area (TPSA) is 126 Å². The Labute approximate surface area is 366 Å². The maximum absolute atomic E-state index is 14.3. The van der Waals surface area contributed by atoms with Crippen LogP contribution in [-0.4, -0.2) is 54.5 Å². The zero-order chi connectivity index (χ0) is 42.0. The van der Waals surface area contributed by atoms with E-state index in [2.05, 4.69) is 41.2 Å². The van der Waals surface area contributed by atoms with Crippen molar-refractivity contribution in [2.45, 2.75) is 114 Å². The number of rotatable bonds is 15. The Hall–Kier alpha value is -4.28. The number of ether oxygens (including phenoxy) is 2.